The number of amides is 1. The second-order valence-electron chi connectivity index (χ2n) is 4.67. The van der Waals surface area contributed by atoms with Crippen LogP contribution in [0.1, 0.15) is 19.8 Å². The Labute approximate surface area is 94.4 Å². The van der Waals surface area contributed by atoms with E-state index in [2.05, 4.69) is 0 Å². The molecule has 3 atom stereocenters. The third kappa shape index (κ3) is 2.04. The maximum Gasteiger partial charge on any atom is 0.308 e. The van der Waals surface area contributed by atoms with Crippen molar-refractivity contribution in [2.75, 3.05) is 19.7 Å². The van der Waals surface area contributed by atoms with E-state index in [0.717, 1.165) is 12.8 Å². The smallest absolute Gasteiger partial charge is 0.308 e. The zero-order chi connectivity index (χ0) is 11.7. The lowest BCUT2D eigenvalue weighted by atomic mass is 9.99. The van der Waals surface area contributed by atoms with Crippen LogP contribution in [0, 0.1) is 11.8 Å². The lowest BCUT2D eigenvalue weighted by molar-refractivity contribution is -0.143. The molecule has 0 aliphatic carbocycles. The Balaban J connectivity index is 1.96. The third-order valence-electron chi connectivity index (χ3n) is 3.45. The van der Waals surface area contributed by atoms with Crippen molar-refractivity contribution in [1.82, 2.24) is 4.90 Å². The molecule has 2 rings (SSSR count). The molecule has 2 aliphatic heterocycles. The van der Waals surface area contributed by atoms with Crippen LogP contribution in [-0.4, -0.2) is 47.7 Å². The fourth-order valence-corrected chi connectivity index (χ4v) is 2.44. The molecular weight excluding hydrogens is 210 g/mol. The van der Waals surface area contributed by atoms with Crippen molar-refractivity contribution in [2.24, 2.45) is 11.8 Å². The van der Waals surface area contributed by atoms with Crippen LogP contribution in [0.4, 0.5) is 0 Å². The molecule has 2 saturated heterocycles. The second-order valence-corrected chi connectivity index (χ2v) is 4.67. The summed E-state index contributed by atoms with van der Waals surface area (Å²) in [4.78, 5) is 24.5. The third-order valence-corrected chi connectivity index (χ3v) is 3.45. The first-order valence-electron chi connectivity index (χ1n) is 5.73. The maximum atomic E-state index is 12.0. The largest absolute Gasteiger partial charge is 0.481 e. The number of likely N-dealkylation sites (tertiary alicyclic amines) is 1. The molecule has 0 aromatic carbocycles. The number of aliphatic carboxylic acids is 1. The van der Waals surface area contributed by atoms with Crippen LogP contribution in [0.25, 0.3) is 0 Å². The summed E-state index contributed by atoms with van der Waals surface area (Å²) >= 11 is 0. The van der Waals surface area contributed by atoms with E-state index in [9.17, 15) is 9.59 Å². The van der Waals surface area contributed by atoms with Gasteiger partial charge in [0.15, 0.2) is 0 Å². The van der Waals surface area contributed by atoms with Crippen molar-refractivity contribution >= 4 is 11.9 Å². The molecule has 0 bridgehead atoms. The zero-order valence-electron chi connectivity index (χ0n) is 9.39. The summed E-state index contributed by atoms with van der Waals surface area (Å²) in [5.74, 6) is -1.24. The monoisotopic (exact) mass is 227 g/mol. The van der Waals surface area contributed by atoms with E-state index in [1.54, 1.807) is 4.90 Å². The lowest BCUT2D eigenvalue weighted by Crippen LogP contribution is -2.37. The Bertz CT molecular complexity index is 298. The standard InChI is InChI=1S/C11H17NO4/c1-7-5-12(6-8(7)11(14)15)10(13)9-3-2-4-16-9/h7-9H,2-6H2,1H3,(H,14,15)/t7-,8-,9-/m1/s1. The Morgan fingerprint density at radius 2 is 2.12 bits per heavy atom. The SMILES string of the molecule is C[C@@H]1CN(C(=O)[C@H]2CCCO2)C[C@H]1C(=O)O. The number of carbonyl (C=O) groups excluding carboxylic acids is 1. The van der Waals surface area contributed by atoms with Gasteiger partial charge in [0.1, 0.15) is 6.10 Å². The summed E-state index contributed by atoms with van der Waals surface area (Å²) in [5.41, 5.74) is 0. The van der Waals surface area contributed by atoms with Crippen molar-refractivity contribution < 1.29 is 19.4 Å². The summed E-state index contributed by atoms with van der Waals surface area (Å²) in [6, 6.07) is 0. The molecule has 5 heteroatoms. The molecule has 0 spiro atoms. The molecule has 0 unspecified atom stereocenters. The van der Waals surface area contributed by atoms with Gasteiger partial charge in [0, 0.05) is 19.7 Å². The Morgan fingerprint density at radius 3 is 2.62 bits per heavy atom. The van der Waals surface area contributed by atoms with Crippen molar-refractivity contribution in [1.29, 1.82) is 0 Å². The van der Waals surface area contributed by atoms with E-state index in [-0.39, 0.29) is 17.9 Å². The van der Waals surface area contributed by atoms with Gasteiger partial charge in [-0.2, -0.15) is 0 Å². The van der Waals surface area contributed by atoms with Gasteiger partial charge in [-0.25, -0.2) is 0 Å². The highest BCUT2D eigenvalue weighted by atomic mass is 16.5. The van der Waals surface area contributed by atoms with Crippen LogP contribution in [-0.2, 0) is 14.3 Å². The number of rotatable bonds is 2. The van der Waals surface area contributed by atoms with E-state index in [1.165, 1.54) is 0 Å². The van der Waals surface area contributed by atoms with Crippen LogP contribution >= 0.6 is 0 Å². The predicted molar refractivity (Wildman–Crippen MR) is 55.8 cm³/mol. The molecule has 2 fully saturated rings. The van der Waals surface area contributed by atoms with Gasteiger partial charge in [0.2, 0.25) is 0 Å². The minimum absolute atomic E-state index is 0.0304. The zero-order valence-corrected chi connectivity index (χ0v) is 9.39. The first-order chi connectivity index (χ1) is 7.59. The average molecular weight is 227 g/mol. The average Bonchev–Trinajstić information content (AvgIpc) is 2.84. The minimum Gasteiger partial charge on any atom is -0.481 e. The molecule has 0 aromatic heterocycles. The first-order valence-corrected chi connectivity index (χ1v) is 5.73. The molecule has 90 valence electrons. The van der Waals surface area contributed by atoms with Gasteiger partial charge in [-0.05, 0) is 18.8 Å². The molecule has 1 N–H and O–H groups in total. The van der Waals surface area contributed by atoms with Gasteiger partial charge in [-0.1, -0.05) is 6.92 Å². The van der Waals surface area contributed by atoms with Gasteiger partial charge in [-0.3, -0.25) is 9.59 Å². The number of carboxylic acid groups (broad SMARTS) is 1. The van der Waals surface area contributed by atoms with E-state index in [4.69, 9.17) is 9.84 Å². The topological polar surface area (TPSA) is 66.8 Å². The van der Waals surface area contributed by atoms with Gasteiger partial charge in [-0.15, -0.1) is 0 Å². The minimum atomic E-state index is -0.810. The quantitative estimate of drug-likeness (QED) is 0.739. The highest BCUT2D eigenvalue weighted by Gasteiger charge is 2.39. The van der Waals surface area contributed by atoms with Gasteiger partial charge in [0.25, 0.3) is 5.91 Å². The van der Waals surface area contributed by atoms with Crippen molar-refractivity contribution in [3.05, 3.63) is 0 Å². The molecule has 0 radical (unpaired) electrons. The summed E-state index contributed by atoms with van der Waals surface area (Å²) in [7, 11) is 0. The fraction of sp³-hybridized carbons (Fsp3) is 0.818. The number of hydrogen-bond donors (Lipinski definition) is 1. The molecule has 0 saturated carbocycles. The molecule has 1 amide bonds. The highest BCUT2D eigenvalue weighted by molar-refractivity contribution is 5.82. The lowest BCUT2D eigenvalue weighted by Gasteiger charge is -2.19. The van der Waals surface area contributed by atoms with E-state index in [0.29, 0.717) is 19.7 Å². The number of carbonyl (C=O) groups is 2. The van der Waals surface area contributed by atoms with Gasteiger partial charge in [0.05, 0.1) is 5.92 Å². The Kier molecular flexibility index (Phi) is 3.14. The number of nitrogens with zero attached hydrogens (tertiary/aromatic N) is 1. The van der Waals surface area contributed by atoms with Crippen LogP contribution in [0.3, 0.4) is 0 Å². The first kappa shape index (κ1) is 11.4. The molecule has 2 aliphatic rings. The van der Waals surface area contributed by atoms with E-state index in [1.807, 2.05) is 6.92 Å². The normalized spacial score (nSPS) is 34.3. The number of ether oxygens (including phenoxy) is 1. The summed E-state index contributed by atoms with van der Waals surface area (Å²) < 4.78 is 5.32. The second kappa shape index (κ2) is 4.41. The van der Waals surface area contributed by atoms with E-state index >= 15 is 0 Å². The molecular formula is C11H17NO4. The van der Waals surface area contributed by atoms with Crippen molar-refractivity contribution in [2.45, 2.75) is 25.9 Å². The van der Waals surface area contributed by atoms with Crippen LogP contribution in [0.15, 0.2) is 0 Å². The van der Waals surface area contributed by atoms with Gasteiger partial charge >= 0.3 is 5.97 Å². The van der Waals surface area contributed by atoms with Crippen molar-refractivity contribution in [3.63, 3.8) is 0 Å². The van der Waals surface area contributed by atoms with Crippen LogP contribution in [0.2, 0.25) is 0 Å². The Hall–Kier alpha value is -1.10. The summed E-state index contributed by atoms with van der Waals surface area (Å²) in [6.45, 7) is 3.38. The molecule has 0 aromatic rings. The van der Waals surface area contributed by atoms with E-state index < -0.39 is 11.9 Å². The number of carboxylic acids is 1. The summed E-state index contributed by atoms with van der Waals surface area (Å²) in [6.07, 6.45) is 1.35. The highest BCUT2D eigenvalue weighted by Crippen LogP contribution is 2.25. The molecule has 16 heavy (non-hydrogen) atoms. The van der Waals surface area contributed by atoms with Crippen molar-refractivity contribution in [3.8, 4) is 0 Å². The summed E-state index contributed by atoms with van der Waals surface area (Å²) in [5, 5.41) is 8.98. The fourth-order valence-electron chi connectivity index (χ4n) is 2.44. The van der Waals surface area contributed by atoms with Gasteiger partial charge < -0.3 is 14.7 Å². The predicted octanol–water partition coefficient (Wildman–Crippen LogP) is 0.344. The Morgan fingerprint density at radius 1 is 1.38 bits per heavy atom. The van der Waals surface area contributed by atoms with Crippen LogP contribution in [0.5, 0.6) is 0 Å². The van der Waals surface area contributed by atoms with Crippen LogP contribution < -0.4 is 0 Å². The molecule has 5 nitrogen and oxygen atoms in total. The number of hydrogen-bond acceptors (Lipinski definition) is 3. The molecule has 2 heterocycles. The maximum absolute atomic E-state index is 12.0.